The minimum atomic E-state index is -2.97. The van der Waals surface area contributed by atoms with E-state index in [4.69, 9.17) is 0 Å². The van der Waals surface area contributed by atoms with E-state index in [9.17, 15) is 13.2 Å². The summed E-state index contributed by atoms with van der Waals surface area (Å²) in [7, 11) is -2.97. The van der Waals surface area contributed by atoms with Crippen LogP contribution in [-0.4, -0.2) is 42.1 Å². The molecular formula is C15H19N3O3S2. The maximum atomic E-state index is 12.3. The van der Waals surface area contributed by atoms with Crippen LogP contribution in [0.1, 0.15) is 35.4 Å². The Hall–Kier alpha value is -1.67. The van der Waals surface area contributed by atoms with Crippen LogP contribution in [0.3, 0.4) is 0 Å². The first-order valence-corrected chi connectivity index (χ1v) is 10.3. The number of hydrogen-bond donors (Lipinski definition) is 2. The third-order valence-corrected chi connectivity index (χ3v) is 7.01. The van der Waals surface area contributed by atoms with Gasteiger partial charge in [-0.1, -0.05) is 0 Å². The number of aromatic nitrogens is 2. The second-order valence-corrected chi connectivity index (χ2v) is 9.32. The average Bonchev–Trinajstić information content (AvgIpc) is 3.18. The normalized spacial score (nSPS) is 22.0. The van der Waals surface area contributed by atoms with Gasteiger partial charge in [0.25, 0.3) is 5.91 Å². The van der Waals surface area contributed by atoms with E-state index >= 15 is 0 Å². The number of nitrogens with one attached hydrogen (secondary N) is 2. The molecule has 0 bridgehead atoms. The predicted octanol–water partition coefficient (Wildman–Crippen LogP) is 2.22. The molecule has 8 heteroatoms. The maximum Gasteiger partial charge on any atom is 0.261 e. The van der Waals surface area contributed by atoms with Gasteiger partial charge in [-0.2, -0.15) is 5.10 Å². The van der Waals surface area contributed by atoms with E-state index in [1.807, 2.05) is 12.1 Å². The molecule has 6 nitrogen and oxygen atoms in total. The van der Waals surface area contributed by atoms with Crippen molar-refractivity contribution in [2.45, 2.75) is 37.0 Å². The number of carbonyl (C=O) groups is 1. The van der Waals surface area contributed by atoms with E-state index in [0.29, 0.717) is 30.6 Å². The van der Waals surface area contributed by atoms with Crippen LogP contribution in [0.5, 0.6) is 0 Å². The van der Waals surface area contributed by atoms with Gasteiger partial charge in [0.1, 0.15) is 9.84 Å². The fourth-order valence-corrected chi connectivity index (χ4v) is 4.90. The van der Waals surface area contributed by atoms with E-state index in [1.54, 1.807) is 12.3 Å². The highest BCUT2D eigenvalue weighted by atomic mass is 32.2. The minimum absolute atomic E-state index is 0.0539. The average molecular weight is 353 g/mol. The van der Waals surface area contributed by atoms with Gasteiger partial charge in [0, 0.05) is 18.5 Å². The van der Waals surface area contributed by atoms with Crippen LogP contribution in [0.15, 0.2) is 24.4 Å². The van der Waals surface area contributed by atoms with Crippen LogP contribution < -0.4 is 5.32 Å². The summed E-state index contributed by atoms with van der Waals surface area (Å²) < 4.78 is 23.1. The lowest BCUT2D eigenvalue weighted by Crippen LogP contribution is -2.39. The summed E-state index contributed by atoms with van der Waals surface area (Å²) in [6.45, 7) is 0. The molecule has 0 aromatic carbocycles. The molecule has 2 aromatic rings. The van der Waals surface area contributed by atoms with Gasteiger partial charge in [0.05, 0.1) is 20.7 Å². The van der Waals surface area contributed by atoms with Crippen molar-refractivity contribution in [1.29, 1.82) is 0 Å². The number of carbonyl (C=O) groups excluding carboxylic acids is 1. The van der Waals surface area contributed by atoms with Crippen molar-refractivity contribution >= 4 is 27.1 Å². The predicted molar refractivity (Wildman–Crippen MR) is 90.3 cm³/mol. The zero-order chi connectivity index (χ0) is 16.4. The summed E-state index contributed by atoms with van der Waals surface area (Å²) in [6.07, 6.45) is 5.62. The number of H-pyrrole nitrogens is 1. The summed E-state index contributed by atoms with van der Waals surface area (Å²) in [5.74, 6) is -0.0939. The lowest BCUT2D eigenvalue weighted by molar-refractivity contribution is 0.0932. The highest BCUT2D eigenvalue weighted by Gasteiger charge is 2.28. The van der Waals surface area contributed by atoms with Crippen LogP contribution in [0.2, 0.25) is 0 Å². The molecule has 2 aromatic heterocycles. The summed E-state index contributed by atoms with van der Waals surface area (Å²) in [5, 5.41) is 9.54. The van der Waals surface area contributed by atoms with Crippen molar-refractivity contribution in [2.24, 2.45) is 0 Å². The van der Waals surface area contributed by atoms with Crippen LogP contribution in [0.4, 0.5) is 0 Å². The van der Waals surface area contributed by atoms with Gasteiger partial charge in [0.15, 0.2) is 0 Å². The molecular weight excluding hydrogens is 334 g/mol. The van der Waals surface area contributed by atoms with Gasteiger partial charge in [-0.05, 0) is 43.9 Å². The molecule has 2 heterocycles. The molecule has 1 aliphatic carbocycles. The molecule has 3 rings (SSSR count). The molecule has 0 spiro atoms. The maximum absolute atomic E-state index is 12.3. The molecule has 0 radical (unpaired) electrons. The highest BCUT2D eigenvalue weighted by Crippen LogP contribution is 2.27. The van der Waals surface area contributed by atoms with Crippen molar-refractivity contribution in [2.75, 3.05) is 6.26 Å². The van der Waals surface area contributed by atoms with Gasteiger partial charge in [-0.25, -0.2) is 8.42 Å². The fraction of sp³-hybridized carbons (Fsp3) is 0.467. The Morgan fingerprint density at radius 2 is 2.00 bits per heavy atom. The summed E-state index contributed by atoms with van der Waals surface area (Å²) >= 11 is 1.41. The van der Waals surface area contributed by atoms with E-state index in [-0.39, 0.29) is 17.2 Å². The smallest absolute Gasteiger partial charge is 0.261 e. The van der Waals surface area contributed by atoms with Gasteiger partial charge in [-0.15, -0.1) is 11.3 Å². The van der Waals surface area contributed by atoms with Crippen LogP contribution in [-0.2, 0) is 9.84 Å². The molecule has 1 saturated carbocycles. The number of thiophene rings is 1. The number of aromatic amines is 1. The molecule has 23 heavy (non-hydrogen) atoms. The first kappa shape index (κ1) is 16.2. The third-order valence-electron chi connectivity index (χ3n) is 4.21. The lowest BCUT2D eigenvalue weighted by Gasteiger charge is -2.27. The highest BCUT2D eigenvalue weighted by molar-refractivity contribution is 7.91. The van der Waals surface area contributed by atoms with E-state index < -0.39 is 9.84 Å². The van der Waals surface area contributed by atoms with Gasteiger partial charge in [0.2, 0.25) is 0 Å². The fourth-order valence-electron chi connectivity index (χ4n) is 2.89. The van der Waals surface area contributed by atoms with Gasteiger partial charge in [-0.3, -0.25) is 9.89 Å². The Bertz CT molecular complexity index is 773. The SMILES string of the molecule is CS(=O)(=O)C1CCC(NC(=O)c2ccc(-c3ccn[nH]3)s2)CC1. The number of rotatable bonds is 4. The zero-order valence-corrected chi connectivity index (χ0v) is 14.4. The second-order valence-electron chi connectivity index (χ2n) is 5.91. The van der Waals surface area contributed by atoms with Gasteiger partial charge >= 0.3 is 0 Å². The Morgan fingerprint density at radius 1 is 1.26 bits per heavy atom. The molecule has 0 unspecified atom stereocenters. The topological polar surface area (TPSA) is 91.9 Å². The van der Waals surface area contributed by atoms with Crippen LogP contribution >= 0.6 is 11.3 Å². The summed E-state index contributed by atoms with van der Waals surface area (Å²) in [6, 6.07) is 5.62. The molecule has 1 aliphatic rings. The van der Waals surface area contributed by atoms with Crippen molar-refractivity contribution in [3.63, 3.8) is 0 Å². The molecule has 1 amide bonds. The Morgan fingerprint density at radius 3 is 2.61 bits per heavy atom. The molecule has 0 atom stereocenters. The van der Waals surface area contributed by atoms with E-state index in [1.165, 1.54) is 17.6 Å². The van der Waals surface area contributed by atoms with E-state index in [2.05, 4.69) is 15.5 Å². The Balaban J connectivity index is 1.58. The lowest BCUT2D eigenvalue weighted by atomic mass is 9.95. The summed E-state index contributed by atoms with van der Waals surface area (Å²) in [5.41, 5.74) is 0.891. The molecule has 124 valence electrons. The number of amides is 1. The second kappa shape index (κ2) is 6.45. The molecule has 1 fully saturated rings. The van der Waals surface area contributed by atoms with Crippen LogP contribution in [0.25, 0.3) is 10.6 Å². The largest absolute Gasteiger partial charge is 0.349 e. The number of sulfone groups is 1. The Kier molecular flexibility index (Phi) is 4.54. The first-order valence-electron chi connectivity index (χ1n) is 7.53. The summed E-state index contributed by atoms with van der Waals surface area (Å²) in [4.78, 5) is 13.9. The monoisotopic (exact) mass is 353 g/mol. The van der Waals surface area contributed by atoms with Crippen molar-refractivity contribution in [3.05, 3.63) is 29.3 Å². The van der Waals surface area contributed by atoms with Crippen LogP contribution in [0, 0.1) is 0 Å². The molecule has 0 saturated heterocycles. The van der Waals surface area contributed by atoms with E-state index in [0.717, 1.165) is 10.6 Å². The number of hydrogen-bond acceptors (Lipinski definition) is 5. The number of nitrogens with zero attached hydrogens (tertiary/aromatic N) is 1. The van der Waals surface area contributed by atoms with Crippen molar-refractivity contribution in [3.8, 4) is 10.6 Å². The Labute approximate surface area is 139 Å². The third kappa shape index (κ3) is 3.81. The first-order chi connectivity index (χ1) is 10.9. The molecule has 0 aliphatic heterocycles. The van der Waals surface area contributed by atoms with Crippen molar-refractivity contribution in [1.82, 2.24) is 15.5 Å². The zero-order valence-electron chi connectivity index (χ0n) is 12.8. The van der Waals surface area contributed by atoms with Crippen molar-refractivity contribution < 1.29 is 13.2 Å². The molecule has 2 N–H and O–H groups in total. The minimum Gasteiger partial charge on any atom is -0.349 e. The standard InChI is InChI=1S/C15H19N3O3S2/c1-23(20,21)11-4-2-10(3-5-11)17-15(19)14-7-6-13(22-14)12-8-9-16-18-12/h6-11H,2-5H2,1H3,(H,16,18)(H,17,19). The van der Waals surface area contributed by atoms with Gasteiger partial charge < -0.3 is 5.32 Å². The quantitative estimate of drug-likeness (QED) is 0.881.